The molecule has 3 nitrogen and oxygen atoms in total. The van der Waals surface area contributed by atoms with Crippen LogP contribution >= 0.6 is 23.2 Å². The van der Waals surface area contributed by atoms with Gasteiger partial charge in [-0.25, -0.2) is 0 Å². The maximum atomic E-state index is 12.4. The molecule has 1 saturated carbocycles. The zero-order chi connectivity index (χ0) is 13.7. The average Bonchev–Trinajstić information content (AvgIpc) is 2.71. The highest BCUT2D eigenvalue weighted by molar-refractivity contribution is 6.36. The van der Waals surface area contributed by atoms with Crippen molar-refractivity contribution in [2.45, 2.75) is 19.4 Å². The summed E-state index contributed by atoms with van der Waals surface area (Å²) in [5, 5.41) is 10.7. The number of rotatable bonds is 1. The minimum absolute atomic E-state index is 0.0506. The van der Waals surface area contributed by atoms with Crippen LogP contribution in [0, 0.1) is 18.8 Å². The number of fused-ring (bicyclic) bond motifs is 1. The second kappa shape index (κ2) is 4.65. The first-order valence-corrected chi connectivity index (χ1v) is 7.16. The number of carbonyl (C=O) groups excluding carboxylic acids is 1. The van der Waals surface area contributed by atoms with Crippen LogP contribution < -0.4 is 0 Å². The molecule has 1 amide bonds. The molecule has 0 aromatic heterocycles. The number of hydrogen-bond acceptors (Lipinski definition) is 2. The van der Waals surface area contributed by atoms with Crippen molar-refractivity contribution in [3.63, 3.8) is 0 Å². The van der Waals surface area contributed by atoms with Crippen molar-refractivity contribution >= 4 is 29.1 Å². The van der Waals surface area contributed by atoms with Crippen LogP contribution in [0.3, 0.4) is 0 Å². The Bertz CT molecular complexity index is 523. The molecule has 19 heavy (non-hydrogen) atoms. The van der Waals surface area contributed by atoms with E-state index >= 15 is 0 Å². The van der Waals surface area contributed by atoms with Gasteiger partial charge in [-0.05, 0) is 37.0 Å². The zero-order valence-corrected chi connectivity index (χ0v) is 12.1. The minimum Gasteiger partial charge on any atom is -0.393 e. The minimum atomic E-state index is -0.243. The second-order valence-electron chi connectivity index (χ2n) is 5.50. The number of nitrogens with zero attached hydrogens (tertiary/aromatic N) is 1. The Kier molecular flexibility index (Phi) is 3.24. The predicted molar refractivity (Wildman–Crippen MR) is 74.7 cm³/mol. The molecule has 0 radical (unpaired) electrons. The summed E-state index contributed by atoms with van der Waals surface area (Å²) in [6, 6.07) is 3.34. The largest absolute Gasteiger partial charge is 0.393 e. The highest BCUT2D eigenvalue weighted by Gasteiger charge is 2.47. The van der Waals surface area contributed by atoms with Gasteiger partial charge in [-0.15, -0.1) is 0 Å². The summed E-state index contributed by atoms with van der Waals surface area (Å²) in [5.41, 5.74) is 1.31. The fourth-order valence-electron chi connectivity index (χ4n) is 2.99. The highest BCUT2D eigenvalue weighted by Crippen LogP contribution is 2.41. The van der Waals surface area contributed by atoms with Crippen molar-refractivity contribution in [1.82, 2.24) is 4.90 Å². The van der Waals surface area contributed by atoms with Gasteiger partial charge in [-0.3, -0.25) is 4.79 Å². The summed E-state index contributed by atoms with van der Waals surface area (Å²) in [5.74, 6) is 0.654. The fraction of sp³-hybridized carbons (Fsp3) is 0.500. The Morgan fingerprint density at radius 2 is 1.95 bits per heavy atom. The van der Waals surface area contributed by atoms with Gasteiger partial charge in [0, 0.05) is 34.6 Å². The van der Waals surface area contributed by atoms with E-state index in [1.165, 1.54) is 0 Å². The Balaban J connectivity index is 1.81. The topological polar surface area (TPSA) is 40.5 Å². The van der Waals surface area contributed by atoms with Crippen LogP contribution in [-0.4, -0.2) is 35.1 Å². The Morgan fingerprint density at radius 1 is 1.32 bits per heavy atom. The van der Waals surface area contributed by atoms with E-state index in [2.05, 4.69) is 0 Å². The van der Waals surface area contributed by atoms with E-state index in [9.17, 15) is 9.90 Å². The van der Waals surface area contributed by atoms with E-state index in [0.717, 1.165) is 18.5 Å². The number of carbonyl (C=O) groups is 1. The van der Waals surface area contributed by atoms with E-state index in [-0.39, 0.29) is 17.9 Å². The van der Waals surface area contributed by atoms with Gasteiger partial charge in [0.2, 0.25) is 0 Å². The number of likely N-dealkylation sites (tertiary alicyclic amines) is 1. The van der Waals surface area contributed by atoms with Crippen LogP contribution in [0.1, 0.15) is 22.3 Å². The van der Waals surface area contributed by atoms with E-state index < -0.39 is 0 Å². The van der Waals surface area contributed by atoms with E-state index in [1.807, 2.05) is 6.92 Å². The van der Waals surface area contributed by atoms with Crippen LogP contribution in [0.15, 0.2) is 12.1 Å². The molecule has 3 rings (SSSR count). The van der Waals surface area contributed by atoms with Crippen LogP contribution in [0.5, 0.6) is 0 Å². The van der Waals surface area contributed by atoms with E-state index in [4.69, 9.17) is 23.2 Å². The molecule has 1 saturated heterocycles. The summed E-state index contributed by atoms with van der Waals surface area (Å²) in [6.07, 6.45) is 0.567. The number of hydrogen-bond donors (Lipinski definition) is 1. The number of aliphatic hydroxyl groups is 1. The molecular formula is C14H15Cl2NO2. The van der Waals surface area contributed by atoms with Crippen LogP contribution in [-0.2, 0) is 0 Å². The standard InChI is InChI=1S/C14H15Cl2NO2/c1-7-11(15)2-8(3-12(7)16)14(19)17-5-9-4-13(18)10(9)6-17/h2-3,9-10,13,18H,4-6H2,1H3/t9-,10+,13-/m1/s1. The monoisotopic (exact) mass is 299 g/mol. The molecular weight excluding hydrogens is 285 g/mol. The number of halogens is 2. The Hall–Kier alpha value is -0.770. The van der Waals surface area contributed by atoms with Gasteiger partial charge in [-0.1, -0.05) is 23.2 Å². The molecule has 1 N–H and O–H groups in total. The lowest BCUT2D eigenvalue weighted by Crippen LogP contribution is -2.39. The molecule has 0 spiro atoms. The van der Waals surface area contributed by atoms with Gasteiger partial charge in [0.05, 0.1) is 6.10 Å². The first-order valence-electron chi connectivity index (χ1n) is 6.40. The van der Waals surface area contributed by atoms with Gasteiger partial charge >= 0.3 is 0 Å². The molecule has 1 aliphatic carbocycles. The normalized spacial score (nSPS) is 29.1. The summed E-state index contributed by atoms with van der Waals surface area (Å²) in [7, 11) is 0. The van der Waals surface area contributed by atoms with Crippen molar-refractivity contribution in [2.75, 3.05) is 13.1 Å². The molecule has 2 aliphatic rings. The number of aliphatic hydroxyl groups excluding tert-OH is 1. The molecule has 3 atom stereocenters. The maximum Gasteiger partial charge on any atom is 0.253 e. The quantitative estimate of drug-likeness (QED) is 0.866. The van der Waals surface area contributed by atoms with Gasteiger partial charge in [0.1, 0.15) is 0 Å². The van der Waals surface area contributed by atoms with Crippen LogP contribution in [0.4, 0.5) is 0 Å². The average molecular weight is 300 g/mol. The third-order valence-corrected chi connectivity index (χ3v) is 5.13. The van der Waals surface area contributed by atoms with Gasteiger partial charge in [0.25, 0.3) is 5.91 Å². The number of benzene rings is 1. The summed E-state index contributed by atoms with van der Waals surface area (Å²) >= 11 is 12.1. The van der Waals surface area contributed by atoms with E-state index in [1.54, 1.807) is 17.0 Å². The number of amides is 1. The molecule has 1 heterocycles. The second-order valence-corrected chi connectivity index (χ2v) is 6.32. The summed E-state index contributed by atoms with van der Waals surface area (Å²) in [6.45, 7) is 3.18. The smallest absolute Gasteiger partial charge is 0.253 e. The summed E-state index contributed by atoms with van der Waals surface area (Å²) in [4.78, 5) is 14.2. The van der Waals surface area contributed by atoms with Crippen molar-refractivity contribution < 1.29 is 9.90 Å². The fourth-order valence-corrected chi connectivity index (χ4v) is 3.48. The zero-order valence-electron chi connectivity index (χ0n) is 10.6. The van der Waals surface area contributed by atoms with Crippen molar-refractivity contribution in [1.29, 1.82) is 0 Å². The molecule has 2 fully saturated rings. The van der Waals surface area contributed by atoms with Gasteiger partial charge < -0.3 is 10.0 Å². The van der Waals surface area contributed by atoms with Gasteiger partial charge in [0.15, 0.2) is 0 Å². The van der Waals surface area contributed by atoms with Crippen molar-refractivity contribution in [3.05, 3.63) is 33.3 Å². The molecule has 1 aromatic rings. The molecule has 1 aromatic carbocycles. The predicted octanol–water partition coefficient (Wildman–Crippen LogP) is 2.75. The van der Waals surface area contributed by atoms with Crippen LogP contribution in [0.2, 0.25) is 10.0 Å². The highest BCUT2D eigenvalue weighted by atomic mass is 35.5. The lowest BCUT2D eigenvalue weighted by molar-refractivity contribution is -0.00427. The van der Waals surface area contributed by atoms with Crippen molar-refractivity contribution in [2.24, 2.45) is 11.8 Å². The lowest BCUT2D eigenvalue weighted by Gasteiger charge is -2.34. The first-order chi connectivity index (χ1) is 8.97. The maximum absolute atomic E-state index is 12.4. The Morgan fingerprint density at radius 3 is 2.47 bits per heavy atom. The van der Waals surface area contributed by atoms with Crippen LogP contribution in [0.25, 0.3) is 0 Å². The lowest BCUT2D eigenvalue weighted by atomic mass is 9.74. The molecule has 5 heteroatoms. The molecule has 0 unspecified atom stereocenters. The third-order valence-electron chi connectivity index (χ3n) is 4.35. The first kappa shape index (κ1) is 13.2. The van der Waals surface area contributed by atoms with Crippen molar-refractivity contribution in [3.8, 4) is 0 Å². The molecule has 0 bridgehead atoms. The molecule has 1 aliphatic heterocycles. The SMILES string of the molecule is Cc1c(Cl)cc(C(=O)N2C[C@H]3C[C@@H](O)[C@H]3C2)cc1Cl. The van der Waals surface area contributed by atoms with Gasteiger partial charge in [-0.2, -0.15) is 0 Å². The Labute approximate surface area is 122 Å². The third kappa shape index (κ3) is 2.14. The molecule has 102 valence electrons. The van der Waals surface area contributed by atoms with E-state index in [0.29, 0.717) is 28.1 Å². The summed E-state index contributed by atoms with van der Waals surface area (Å²) < 4.78 is 0.